The van der Waals surface area contributed by atoms with Crippen LogP contribution in [0.1, 0.15) is 24.2 Å². The van der Waals surface area contributed by atoms with Crippen molar-refractivity contribution in [1.29, 1.82) is 0 Å². The van der Waals surface area contributed by atoms with E-state index in [0.717, 1.165) is 60.7 Å². The summed E-state index contributed by atoms with van der Waals surface area (Å²) < 4.78 is 0. The number of carbonyl (C=O) groups is 1. The van der Waals surface area contributed by atoms with Crippen molar-refractivity contribution in [3.05, 3.63) is 17.5 Å². The van der Waals surface area contributed by atoms with Crippen LogP contribution in [0.3, 0.4) is 0 Å². The van der Waals surface area contributed by atoms with E-state index < -0.39 is 0 Å². The molecular weight excluding hydrogens is 298 g/mol. The lowest BCUT2D eigenvalue weighted by Gasteiger charge is -2.31. The Labute approximate surface area is 134 Å². The van der Waals surface area contributed by atoms with Crippen molar-refractivity contribution in [3.8, 4) is 0 Å². The fraction of sp³-hybridized carbons (Fsp3) is 0.600. The maximum atomic E-state index is 12.3. The highest BCUT2D eigenvalue weighted by Gasteiger charge is 2.27. The van der Waals surface area contributed by atoms with E-state index in [1.54, 1.807) is 11.8 Å². The Morgan fingerprint density at radius 3 is 2.55 bits per heavy atom. The first-order chi connectivity index (χ1) is 10.6. The Morgan fingerprint density at radius 2 is 1.95 bits per heavy atom. The predicted molar refractivity (Wildman–Crippen MR) is 89.3 cm³/mol. The number of carbonyl (C=O) groups excluding carboxylic acids is 1. The van der Waals surface area contributed by atoms with E-state index in [9.17, 15) is 4.79 Å². The molecule has 0 radical (unpaired) electrons. The van der Waals surface area contributed by atoms with E-state index in [-0.39, 0.29) is 11.8 Å². The highest BCUT2D eigenvalue weighted by molar-refractivity contribution is 8.14. The van der Waals surface area contributed by atoms with Gasteiger partial charge in [-0.25, -0.2) is 9.97 Å². The van der Waals surface area contributed by atoms with Crippen molar-refractivity contribution in [1.82, 2.24) is 15.3 Å². The number of rotatable bonds is 2. The second kappa shape index (κ2) is 6.64. The molecule has 6 nitrogen and oxygen atoms in total. The second-order valence-electron chi connectivity index (χ2n) is 5.74. The summed E-state index contributed by atoms with van der Waals surface area (Å²) in [6.07, 6.45) is 1.67. The number of thioether (sulfide) groups is 1. The van der Waals surface area contributed by atoms with E-state index in [4.69, 9.17) is 0 Å². The third kappa shape index (κ3) is 3.58. The van der Waals surface area contributed by atoms with Crippen LogP contribution in [-0.4, -0.2) is 46.4 Å². The molecule has 118 valence electrons. The summed E-state index contributed by atoms with van der Waals surface area (Å²) in [6, 6.07) is 1.98. The summed E-state index contributed by atoms with van der Waals surface area (Å²) in [5.74, 6) is 1.92. The normalized spacial score (nSPS) is 19.2. The van der Waals surface area contributed by atoms with Gasteiger partial charge in [-0.3, -0.25) is 9.79 Å². The highest BCUT2D eigenvalue weighted by atomic mass is 32.2. The van der Waals surface area contributed by atoms with Crippen LogP contribution in [0, 0.1) is 19.8 Å². The van der Waals surface area contributed by atoms with Gasteiger partial charge in [0.15, 0.2) is 5.17 Å². The molecule has 0 unspecified atom stereocenters. The van der Waals surface area contributed by atoms with Gasteiger partial charge in [-0.15, -0.1) is 0 Å². The Hall–Kier alpha value is -1.63. The molecule has 0 aromatic carbocycles. The summed E-state index contributed by atoms with van der Waals surface area (Å²) >= 11 is 1.62. The van der Waals surface area contributed by atoms with Crippen LogP contribution in [0.5, 0.6) is 0 Å². The Kier molecular flexibility index (Phi) is 4.61. The minimum absolute atomic E-state index is 0.0612. The molecule has 0 atom stereocenters. The Bertz CT molecular complexity index is 575. The molecule has 1 fully saturated rings. The number of aromatic nitrogens is 2. The van der Waals surface area contributed by atoms with Crippen molar-refractivity contribution < 1.29 is 4.79 Å². The SMILES string of the molecule is Cc1cc(C)nc(N2CCC(C(=O)NC3=NCCS3)CC2)n1. The third-order valence-corrected chi connectivity index (χ3v) is 4.83. The number of nitrogens with zero attached hydrogens (tertiary/aromatic N) is 4. The van der Waals surface area contributed by atoms with Crippen molar-refractivity contribution in [2.45, 2.75) is 26.7 Å². The minimum atomic E-state index is 0.0612. The summed E-state index contributed by atoms with van der Waals surface area (Å²) in [5, 5.41) is 3.73. The number of aryl methyl sites for hydroxylation is 2. The van der Waals surface area contributed by atoms with Crippen LogP contribution in [-0.2, 0) is 4.79 Å². The third-order valence-electron chi connectivity index (χ3n) is 3.93. The quantitative estimate of drug-likeness (QED) is 0.895. The largest absolute Gasteiger partial charge is 0.341 e. The topological polar surface area (TPSA) is 70.5 Å². The molecule has 0 aliphatic carbocycles. The fourth-order valence-corrected chi connectivity index (χ4v) is 3.54. The lowest BCUT2D eigenvalue weighted by Crippen LogP contribution is -2.42. The molecule has 1 aromatic heterocycles. The van der Waals surface area contributed by atoms with E-state index in [0.29, 0.717) is 0 Å². The maximum absolute atomic E-state index is 12.3. The average molecular weight is 319 g/mol. The molecule has 0 saturated carbocycles. The van der Waals surface area contributed by atoms with Gasteiger partial charge >= 0.3 is 0 Å². The zero-order valence-corrected chi connectivity index (χ0v) is 13.8. The van der Waals surface area contributed by atoms with Gasteiger partial charge in [0.2, 0.25) is 11.9 Å². The number of amidine groups is 1. The monoisotopic (exact) mass is 319 g/mol. The average Bonchev–Trinajstić information content (AvgIpc) is 2.99. The lowest BCUT2D eigenvalue weighted by atomic mass is 9.96. The van der Waals surface area contributed by atoms with Gasteiger partial charge in [0.05, 0.1) is 6.54 Å². The van der Waals surface area contributed by atoms with Crippen LogP contribution in [0.25, 0.3) is 0 Å². The van der Waals surface area contributed by atoms with E-state index in [1.165, 1.54) is 0 Å². The van der Waals surface area contributed by atoms with E-state index in [2.05, 4.69) is 25.2 Å². The van der Waals surface area contributed by atoms with Crippen LogP contribution in [0.4, 0.5) is 5.95 Å². The number of hydrogen-bond donors (Lipinski definition) is 1. The van der Waals surface area contributed by atoms with Crippen LogP contribution in [0.2, 0.25) is 0 Å². The van der Waals surface area contributed by atoms with E-state index in [1.807, 2.05) is 19.9 Å². The number of nitrogens with one attached hydrogen (secondary N) is 1. The molecule has 2 aliphatic rings. The zero-order valence-electron chi connectivity index (χ0n) is 13.0. The first kappa shape index (κ1) is 15.3. The van der Waals surface area contributed by atoms with Crippen molar-refractivity contribution in [3.63, 3.8) is 0 Å². The van der Waals surface area contributed by atoms with E-state index >= 15 is 0 Å². The summed E-state index contributed by atoms with van der Waals surface area (Å²) in [5.41, 5.74) is 1.97. The molecule has 0 spiro atoms. The first-order valence-corrected chi connectivity index (χ1v) is 8.66. The first-order valence-electron chi connectivity index (χ1n) is 7.67. The van der Waals surface area contributed by atoms with Gasteiger partial charge in [-0.05, 0) is 32.8 Å². The zero-order chi connectivity index (χ0) is 15.5. The molecule has 1 aromatic rings. The highest BCUT2D eigenvalue weighted by Crippen LogP contribution is 2.22. The molecule has 3 rings (SSSR count). The van der Waals surface area contributed by atoms with Crippen LogP contribution < -0.4 is 10.2 Å². The molecule has 3 heterocycles. The van der Waals surface area contributed by atoms with Crippen molar-refractivity contribution in [2.75, 3.05) is 30.3 Å². The maximum Gasteiger partial charge on any atom is 0.229 e. The summed E-state index contributed by atoms with van der Waals surface area (Å²) in [7, 11) is 0. The number of amides is 1. The molecule has 22 heavy (non-hydrogen) atoms. The molecule has 0 bridgehead atoms. The number of hydrogen-bond acceptors (Lipinski definition) is 6. The molecule has 7 heteroatoms. The Morgan fingerprint density at radius 1 is 1.27 bits per heavy atom. The van der Waals surface area contributed by atoms with Crippen molar-refractivity contribution >= 4 is 28.8 Å². The fourth-order valence-electron chi connectivity index (χ4n) is 2.81. The predicted octanol–water partition coefficient (Wildman–Crippen LogP) is 1.53. The van der Waals surface area contributed by atoms with Gasteiger partial charge in [-0.1, -0.05) is 11.8 Å². The van der Waals surface area contributed by atoms with Gasteiger partial charge in [0.25, 0.3) is 0 Å². The number of anilines is 1. The summed E-state index contributed by atoms with van der Waals surface area (Å²) in [4.78, 5) is 27.7. The van der Waals surface area contributed by atoms with Gasteiger partial charge in [0, 0.05) is 36.1 Å². The lowest BCUT2D eigenvalue weighted by molar-refractivity contribution is -0.124. The van der Waals surface area contributed by atoms with Crippen LogP contribution >= 0.6 is 11.8 Å². The second-order valence-corrected chi connectivity index (χ2v) is 6.82. The number of piperidine rings is 1. The van der Waals surface area contributed by atoms with Gasteiger partial charge in [0.1, 0.15) is 0 Å². The minimum Gasteiger partial charge on any atom is -0.341 e. The van der Waals surface area contributed by atoms with Crippen molar-refractivity contribution in [2.24, 2.45) is 10.9 Å². The smallest absolute Gasteiger partial charge is 0.229 e. The summed E-state index contributed by atoms with van der Waals surface area (Å²) in [6.45, 7) is 6.42. The molecule has 2 aliphatic heterocycles. The molecular formula is C15H21N5OS. The number of aliphatic imine (C=N–C) groups is 1. The van der Waals surface area contributed by atoms with Gasteiger partial charge < -0.3 is 10.2 Å². The molecule has 1 saturated heterocycles. The molecule has 1 N–H and O–H groups in total. The van der Waals surface area contributed by atoms with Crippen LogP contribution in [0.15, 0.2) is 11.1 Å². The molecule has 1 amide bonds. The standard InChI is InChI=1S/C15H21N5OS/c1-10-9-11(2)18-14(17-10)20-6-3-12(4-7-20)13(21)19-15-16-5-8-22-15/h9,12H,3-8H2,1-2H3,(H,16,19,21). The Balaban J connectivity index is 1.56. The van der Waals surface area contributed by atoms with Gasteiger partial charge in [-0.2, -0.15) is 0 Å².